The summed E-state index contributed by atoms with van der Waals surface area (Å²) < 4.78 is 1.81. The second-order valence-corrected chi connectivity index (χ2v) is 5.51. The molecule has 0 aliphatic carbocycles. The molecule has 1 N–H and O–H groups in total. The third-order valence-electron chi connectivity index (χ3n) is 3.81. The fourth-order valence-electron chi connectivity index (χ4n) is 2.56. The molecule has 0 bridgehead atoms. The molecule has 1 fully saturated rings. The first-order valence-corrected chi connectivity index (χ1v) is 7.04. The minimum absolute atomic E-state index is 0.00739. The van der Waals surface area contributed by atoms with Crippen LogP contribution in [0.2, 0.25) is 0 Å². The van der Waals surface area contributed by atoms with Gasteiger partial charge in [0.1, 0.15) is 6.33 Å². The number of benzene rings is 1. The highest BCUT2D eigenvalue weighted by Crippen LogP contribution is 2.22. The number of hydrogen-bond donors (Lipinski definition) is 1. The predicted molar refractivity (Wildman–Crippen MR) is 80.8 cm³/mol. The van der Waals surface area contributed by atoms with Crippen molar-refractivity contribution in [2.45, 2.75) is 6.42 Å². The summed E-state index contributed by atoms with van der Waals surface area (Å²) in [4.78, 5) is 25.3. The Labute approximate surface area is 127 Å². The van der Waals surface area contributed by atoms with Crippen LogP contribution in [-0.2, 0) is 16.6 Å². The summed E-state index contributed by atoms with van der Waals surface area (Å²) in [5.74, 6) is 0.309. The van der Waals surface area contributed by atoms with Gasteiger partial charge >= 0.3 is 0 Å². The van der Waals surface area contributed by atoms with Gasteiger partial charge < -0.3 is 14.8 Å². The quantitative estimate of drug-likeness (QED) is 0.913. The average molecular weight is 299 g/mol. The van der Waals surface area contributed by atoms with Crippen LogP contribution in [0.4, 0.5) is 5.69 Å². The van der Waals surface area contributed by atoms with E-state index in [0.717, 1.165) is 11.4 Å². The molecule has 1 aliphatic rings. The minimum atomic E-state index is -0.295. The van der Waals surface area contributed by atoms with Crippen molar-refractivity contribution in [3.8, 4) is 11.4 Å². The molecule has 1 aliphatic heterocycles. The summed E-state index contributed by atoms with van der Waals surface area (Å²) in [6.45, 7) is 0.466. The highest BCUT2D eigenvalue weighted by atomic mass is 16.2. The molecule has 2 heterocycles. The zero-order valence-corrected chi connectivity index (χ0v) is 12.5. The molecule has 1 unspecified atom stereocenters. The number of amides is 2. The lowest BCUT2D eigenvalue weighted by Gasteiger charge is -2.11. The Morgan fingerprint density at radius 3 is 2.82 bits per heavy atom. The van der Waals surface area contributed by atoms with Crippen LogP contribution in [0.3, 0.4) is 0 Å². The van der Waals surface area contributed by atoms with Gasteiger partial charge in [0.25, 0.3) is 0 Å². The van der Waals surface area contributed by atoms with Gasteiger partial charge in [0, 0.05) is 38.3 Å². The van der Waals surface area contributed by atoms with E-state index < -0.39 is 0 Å². The summed E-state index contributed by atoms with van der Waals surface area (Å²) in [6, 6.07) is 7.43. The number of rotatable bonds is 3. The molecule has 2 amide bonds. The van der Waals surface area contributed by atoms with Gasteiger partial charge in [0.15, 0.2) is 5.82 Å². The molecule has 0 saturated carbocycles. The molecular weight excluding hydrogens is 282 g/mol. The predicted octanol–water partition coefficient (Wildman–Crippen LogP) is 0.899. The summed E-state index contributed by atoms with van der Waals surface area (Å²) >= 11 is 0. The highest BCUT2D eigenvalue weighted by molar-refractivity contribution is 5.97. The van der Waals surface area contributed by atoms with Crippen LogP contribution in [-0.4, -0.2) is 45.1 Å². The Bertz CT molecular complexity index is 724. The SMILES string of the molecule is CN1CC(C(=O)Nc2cccc(-c3nncn3C)c2)CC1=O. The summed E-state index contributed by atoms with van der Waals surface area (Å²) in [6.07, 6.45) is 1.89. The number of anilines is 1. The number of likely N-dealkylation sites (tertiary alicyclic amines) is 1. The number of aromatic nitrogens is 3. The topological polar surface area (TPSA) is 80.1 Å². The molecule has 2 aromatic rings. The third kappa shape index (κ3) is 2.69. The molecule has 1 aromatic carbocycles. The molecule has 1 atom stereocenters. The van der Waals surface area contributed by atoms with Gasteiger partial charge in [-0.25, -0.2) is 0 Å². The molecule has 7 heteroatoms. The van der Waals surface area contributed by atoms with Crippen LogP contribution in [0.1, 0.15) is 6.42 Å². The molecule has 22 heavy (non-hydrogen) atoms. The van der Waals surface area contributed by atoms with E-state index in [-0.39, 0.29) is 24.2 Å². The fourth-order valence-corrected chi connectivity index (χ4v) is 2.56. The van der Waals surface area contributed by atoms with E-state index in [4.69, 9.17) is 0 Å². The lowest BCUT2D eigenvalue weighted by atomic mass is 10.1. The summed E-state index contributed by atoms with van der Waals surface area (Å²) in [7, 11) is 3.57. The van der Waals surface area contributed by atoms with Crippen molar-refractivity contribution in [3.63, 3.8) is 0 Å². The van der Waals surface area contributed by atoms with E-state index in [0.29, 0.717) is 12.2 Å². The van der Waals surface area contributed by atoms with E-state index >= 15 is 0 Å². The second-order valence-electron chi connectivity index (χ2n) is 5.51. The average Bonchev–Trinajstić information content (AvgIpc) is 3.06. The zero-order valence-electron chi connectivity index (χ0n) is 12.5. The van der Waals surface area contributed by atoms with E-state index in [1.54, 1.807) is 18.3 Å². The molecule has 0 spiro atoms. The van der Waals surface area contributed by atoms with Crippen molar-refractivity contribution in [3.05, 3.63) is 30.6 Å². The van der Waals surface area contributed by atoms with Crippen molar-refractivity contribution < 1.29 is 9.59 Å². The smallest absolute Gasteiger partial charge is 0.229 e. The number of carbonyl (C=O) groups excluding carboxylic acids is 2. The van der Waals surface area contributed by atoms with Gasteiger partial charge in [0.2, 0.25) is 11.8 Å². The van der Waals surface area contributed by atoms with Crippen LogP contribution in [0.15, 0.2) is 30.6 Å². The van der Waals surface area contributed by atoms with Crippen molar-refractivity contribution in [1.82, 2.24) is 19.7 Å². The first-order chi connectivity index (χ1) is 10.5. The molecule has 114 valence electrons. The first-order valence-electron chi connectivity index (χ1n) is 7.04. The van der Waals surface area contributed by atoms with Crippen LogP contribution >= 0.6 is 0 Å². The molecule has 3 rings (SSSR count). The Kier molecular flexibility index (Phi) is 3.62. The van der Waals surface area contributed by atoms with Crippen LogP contribution in [0.25, 0.3) is 11.4 Å². The number of carbonyl (C=O) groups is 2. The number of hydrogen-bond acceptors (Lipinski definition) is 4. The number of nitrogens with zero attached hydrogens (tertiary/aromatic N) is 4. The van der Waals surface area contributed by atoms with Gasteiger partial charge in [-0.05, 0) is 12.1 Å². The Morgan fingerprint density at radius 1 is 1.36 bits per heavy atom. The van der Waals surface area contributed by atoms with E-state index in [1.807, 2.05) is 35.9 Å². The van der Waals surface area contributed by atoms with Crippen molar-refractivity contribution in [2.24, 2.45) is 13.0 Å². The van der Waals surface area contributed by atoms with Crippen molar-refractivity contribution in [2.75, 3.05) is 18.9 Å². The molecule has 1 aromatic heterocycles. The zero-order chi connectivity index (χ0) is 15.7. The standard InChI is InChI=1S/C15H17N5O2/c1-19-8-11(7-13(19)21)15(22)17-12-5-3-4-10(6-12)14-18-16-9-20(14)2/h3-6,9,11H,7-8H2,1-2H3,(H,17,22). The number of nitrogens with one attached hydrogen (secondary N) is 1. The Hall–Kier alpha value is -2.70. The number of aryl methyl sites for hydroxylation is 1. The maximum Gasteiger partial charge on any atom is 0.229 e. The van der Waals surface area contributed by atoms with Crippen molar-refractivity contribution >= 4 is 17.5 Å². The normalized spacial score (nSPS) is 17.8. The van der Waals surface area contributed by atoms with Gasteiger partial charge in [-0.3, -0.25) is 9.59 Å². The molecule has 7 nitrogen and oxygen atoms in total. The largest absolute Gasteiger partial charge is 0.345 e. The van der Waals surface area contributed by atoms with Crippen LogP contribution in [0.5, 0.6) is 0 Å². The first kappa shape index (κ1) is 14.2. The van der Waals surface area contributed by atoms with Crippen LogP contribution < -0.4 is 5.32 Å². The minimum Gasteiger partial charge on any atom is -0.345 e. The van der Waals surface area contributed by atoms with Crippen molar-refractivity contribution in [1.29, 1.82) is 0 Å². The fraction of sp³-hybridized carbons (Fsp3) is 0.333. The molecule has 0 radical (unpaired) electrons. The maximum atomic E-state index is 12.2. The van der Waals surface area contributed by atoms with Gasteiger partial charge in [0.05, 0.1) is 5.92 Å². The summed E-state index contributed by atoms with van der Waals surface area (Å²) in [5, 5.41) is 10.8. The third-order valence-corrected chi connectivity index (χ3v) is 3.81. The van der Waals surface area contributed by atoms with Crippen LogP contribution in [0, 0.1) is 5.92 Å². The highest BCUT2D eigenvalue weighted by Gasteiger charge is 2.32. The van der Waals surface area contributed by atoms with E-state index in [2.05, 4.69) is 15.5 Å². The van der Waals surface area contributed by atoms with Gasteiger partial charge in [-0.15, -0.1) is 10.2 Å². The molecular formula is C15H17N5O2. The lowest BCUT2D eigenvalue weighted by molar-refractivity contribution is -0.127. The summed E-state index contributed by atoms with van der Waals surface area (Å²) in [5.41, 5.74) is 1.56. The maximum absolute atomic E-state index is 12.2. The Balaban J connectivity index is 1.75. The van der Waals surface area contributed by atoms with Gasteiger partial charge in [-0.2, -0.15) is 0 Å². The lowest BCUT2D eigenvalue weighted by Crippen LogP contribution is -2.25. The monoisotopic (exact) mass is 299 g/mol. The second kappa shape index (κ2) is 5.59. The Morgan fingerprint density at radius 2 is 2.18 bits per heavy atom. The van der Waals surface area contributed by atoms with E-state index in [1.165, 1.54) is 0 Å². The van der Waals surface area contributed by atoms with Gasteiger partial charge in [-0.1, -0.05) is 12.1 Å². The van der Waals surface area contributed by atoms with E-state index in [9.17, 15) is 9.59 Å². The molecule has 1 saturated heterocycles.